The number of esters is 2. The maximum atomic E-state index is 12.0. The number of methoxy groups -OCH3 is 2. The van der Waals surface area contributed by atoms with Gasteiger partial charge in [0.2, 0.25) is 0 Å². The summed E-state index contributed by atoms with van der Waals surface area (Å²) in [6.45, 7) is 1.12. The molecule has 0 aromatic heterocycles. The van der Waals surface area contributed by atoms with Crippen molar-refractivity contribution < 1.29 is 28.8 Å². The number of benzene rings is 1. The third-order valence-electron chi connectivity index (χ3n) is 3.45. The van der Waals surface area contributed by atoms with Gasteiger partial charge in [-0.25, -0.2) is 4.79 Å². The van der Waals surface area contributed by atoms with Crippen LogP contribution in [0.3, 0.4) is 0 Å². The van der Waals surface area contributed by atoms with Crippen molar-refractivity contribution in [3.63, 3.8) is 0 Å². The van der Waals surface area contributed by atoms with Crippen LogP contribution in [0.4, 0.5) is 0 Å². The Labute approximate surface area is 132 Å². The van der Waals surface area contributed by atoms with Gasteiger partial charge >= 0.3 is 18.0 Å². The Morgan fingerprint density at radius 3 is 1.96 bits per heavy atom. The van der Waals surface area contributed by atoms with Crippen LogP contribution in [-0.4, -0.2) is 42.9 Å². The lowest BCUT2D eigenvalue weighted by Gasteiger charge is -2.25. The molecule has 1 aromatic carbocycles. The van der Waals surface area contributed by atoms with Crippen LogP contribution in [-0.2, 0) is 23.9 Å². The summed E-state index contributed by atoms with van der Waals surface area (Å²) in [6, 6.07) is 5.94. The number of nitro groups is 1. The summed E-state index contributed by atoms with van der Waals surface area (Å²) in [5.41, 5.74) is 0.296. The van der Waals surface area contributed by atoms with Gasteiger partial charge in [0, 0.05) is 4.92 Å². The zero-order valence-electron chi connectivity index (χ0n) is 12.9. The Hall–Kier alpha value is -2.77. The number of rotatable bonds is 7. The van der Waals surface area contributed by atoms with Crippen molar-refractivity contribution in [1.82, 2.24) is 0 Å². The number of Topliss-reactive ketones (excluding diaryl/α,β-unsaturated/α-hetero) is 1. The second kappa shape index (κ2) is 8.02. The third kappa shape index (κ3) is 4.12. The predicted molar refractivity (Wildman–Crippen MR) is 78.2 cm³/mol. The highest BCUT2D eigenvalue weighted by Crippen LogP contribution is 2.32. The van der Waals surface area contributed by atoms with E-state index in [0.29, 0.717) is 5.56 Å². The first-order valence-electron chi connectivity index (χ1n) is 6.69. The van der Waals surface area contributed by atoms with E-state index in [9.17, 15) is 24.5 Å². The summed E-state index contributed by atoms with van der Waals surface area (Å²) in [5, 5.41) is 11.4. The molecule has 8 nitrogen and oxygen atoms in total. The normalized spacial score (nSPS) is 14.2. The summed E-state index contributed by atoms with van der Waals surface area (Å²) < 4.78 is 9.06. The van der Waals surface area contributed by atoms with Crippen molar-refractivity contribution >= 4 is 17.7 Å². The lowest BCUT2D eigenvalue weighted by atomic mass is 9.78. The van der Waals surface area contributed by atoms with Gasteiger partial charge in [0.25, 0.3) is 0 Å². The minimum absolute atomic E-state index is 0.296. The zero-order valence-corrected chi connectivity index (χ0v) is 12.9. The molecule has 8 heteroatoms. The second-order valence-electron chi connectivity index (χ2n) is 4.80. The van der Waals surface area contributed by atoms with E-state index in [4.69, 9.17) is 0 Å². The summed E-state index contributed by atoms with van der Waals surface area (Å²) in [7, 11) is 2.07. The highest BCUT2D eigenvalue weighted by atomic mass is 16.6. The van der Waals surface area contributed by atoms with Gasteiger partial charge < -0.3 is 9.47 Å². The van der Waals surface area contributed by atoms with E-state index in [0.717, 1.165) is 21.1 Å². The van der Waals surface area contributed by atoms with Crippen LogP contribution in [0.2, 0.25) is 0 Å². The summed E-state index contributed by atoms with van der Waals surface area (Å²) in [5.74, 6) is -5.54. The quantitative estimate of drug-likeness (QED) is 0.318. The number of carbonyl (C=O) groups excluding carboxylic acids is 3. The Morgan fingerprint density at radius 1 is 1.04 bits per heavy atom. The molecule has 0 fully saturated rings. The molecule has 0 saturated carbocycles. The molecule has 124 valence electrons. The molecule has 0 aliphatic carbocycles. The lowest BCUT2D eigenvalue weighted by Crippen LogP contribution is -2.44. The largest absolute Gasteiger partial charge is 0.468 e. The first-order chi connectivity index (χ1) is 10.8. The fraction of sp³-hybridized carbons (Fsp3) is 0.400. The molecule has 0 bridgehead atoms. The van der Waals surface area contributed by atoms with Crippen molar-refractivity contribution in [2.24, 2.45) is 5.92 Å². The number of carbonyl (C=O) groups is 3. The Kier molecular flexibility index (Phi) is 6.37. The van der Waals surface area contributed by atoms with Crippen LogP contribution in [0.25, 0.3) is 0 Å². The molecule has 0 heterocycles. The van der Waals surface area contributed by atoms with E-state index in [1.54, 1.807) is 18.2 Å². The molecule has 0 radical (unpaired) electrons. The summed E-state index contributed by atoms with van der Waals surface area (Å²) in [4.78, 5) is 46.3. The predicted octanol–water partition coefficient (Wildman–Crippen LogP) is 0.967. The molecule has 1 aromatic rings. The Morgan fingerprint density at radius 2 is 1.57 bits per heavy atom. The van der Waals surface area contributed by atoms with E-state index in [2.05, 4.69) is 9.47 Å². The number of ketones is 1. The second-order valence-corrected chi connectivity index (χ2v) is 4.80. The van der Waals surface area contributed by atoms with E-state index in [1.807, 2.05) is 0 Å². The highest BCUT2D eigenvalue weighted by molar-refractivity contribution is 5.99. The Bertz CT molecular complexity index is 565. The van der Waals surface area contributed by atoms with Crippen LogP contribution >= 0.6 is 0 Å². The van der Waals surface area contributed by atoms with Gasteiger partial charge in [0.05, 0.1) is 20.1 Å². The average Bonchev–Trinajstić information content (AvgIpc) is 2.53. The van der Waals surface area contributed by atoms with Gasteiger partial charge in [-0.3, -0.25) is 19.7 Å². The van der Waals surface area contributed by atoms with Crippen LogP contribution in [0, 0.1) is 16.0 Å². The van der Waals surface area contributed by atoms with Crippen molar-refractivity contribution in [3.05, 3.63) is 46.0 Å². The molecule has 0 amide bonds. The fourth-order valence-electron chi connectivity index (χ4n) is 2.41. The molecule has 0 saturated heterocycles. The van der Waals surface area contributed by atoms with Crippen LogP contribution < -0.4 is 0 Å². The van der Waals surface area contributed by atoms with Gasteiger partial charge in [0.15, 0.2) is 0 Å². The van der Waals surface area contributed by atoms with Gasteiger partial charge in [0.1, 0.15) is 11.7 Å². The first-order valence-corrected chi connectivity index (χ1v) is 6.69. The number of nitrogens with zero attached hydrogens (tertiary/aromatic N) is 1. The number of hydrogen-bond acceptors (Lipinski definition) is 7. The van der Waals surface area contributed by atoms with Gasteiger partial charge in [-0.15, -0.1) is 0 Å². The van der Waals surface area contributed by atoms with Crippen molar-refractivity contribution in [2.75, 3.05) is 14.2 Å². The highest BCUT2D eigenvalue weighted by Gasteiger charge is 2.49. The molecular formula is C15H17NO7. The van der Waals surface area contributed by atoms with Gasteiger partial charge in [-0.05, 0) is 12.5 Å². The molecule has 3 unspecified atom stereocenters. The number of ether oxygens (including phenoxy) is 2. The van der Waals surface area contributed by atoms with Crippen molar-refractivity contribution in [2.45, 2.75) is 18.9 Å². The minimum atomic E-state index is -1.91. The SMILES string of the molecule is COC(=O)C(C(C)=O)C(c1ccccc1)C(C(=O)OC)[N+](=O)[O-]. The summed E-state index contributed by atoms with van der Waals surface area (Å²) in [6.07, 6.45) is 0. The van der Waals surface area contributed by atoms with E-state index in [-0.39, 0.29) is 0 Å². The minimum Gasteiger partial charge on any atom is -0.468 e. The molecular weight excluding hydrogens is 306 g/mol. The maximum absolute atomic E-state index is 12.0. The Balaban J connectivity index is 3.53. The van der Waals surface area contributed by atoms with E-state index in [1.165, 1.54) is 12.1 Å². The van der Waals surface area contributed by atoms with Gasteiger partial charge in [-0.1, -0.05) is 30.3 Å². The maximum Gasteiger partial charge on any atom is 0.382 e. The van der Waals surface area contributed by atoms with Crippen molar-refractivity contribution in [3.8, 4) is 0 Å². The van der Waals surface area contributed by atoms with E-state index < -0.39 is 40.5 Å². The topological polar surface area (TPSA) is 113 Å². The standard InChI is InChI=1S/C15H17NO7/c1-9(17)11(14(18)22-2)12(10-7-5-4-6-8-10)13(16(20)21)15(19)23-3/h4-8,11-13H,1-3H3. The fourth-order valence-corrected chi connectivity index (χ4v) is 2.41. The first kappa shape index (κ1) is 18.3. The van der Waals surface area contributed by atoms with Crippen LogP contribution in [0.15, 0.2) is 30.3 Å². The summed E-state index contributed by atoms with van der Waals surface area (Å²) >= 11 is 0. The lowest BCUT2D eigenvalue weighted by molar-refractivity contribution is -0.515. The molecule has 0 spiro atoms. The average molecular weight is 323 g/mol. The molecule has 1 rings (SSSR count). The molecule has 0 aliphatic heterocycles. The molecule has 3 atom stereocenters. The van der Waals surface area contributed by atoms with Crippen LogP contribution in [0.5, 0.6) is 0 Å². The zero-order chi connectivity index (χ0) is 17.6. The molecule has 0 aliphatic rings. The van der Waals surface area contributed by atoms with E-state index >= 15 is 0 Å². The monoisotopic (exact) mass is 323 g/mol. The third-order valence-corrected chi connectivity index (χ3v) is 3.45. The smallest absolute Gasteiger partial charge is 0.382 e. The number of hydrogen-bond donors (Lipinski definition) is 0. The van der Waals surface area contributed by atoms with Crippen LogP contribution in [0.1, 0.15) is 18.4 Å². The van der Waals surface area contributed by atoms with Gasteiger partial charge in [-0.2, -0.15) is 0 Å². The molecule has 23 heavy (non-hydrogen) atoms. The molecule has 0 N–H and O–H groups in total. The van der Waals surface area contributed by atoms with Crippen molar-refractivity contribution in [1.29, 1.82) is 0 Å².